The molecule has 3 aromatic heterocycles. The maximum atomic E-state index is 6.45. The third kappa shape index (κ3) is 5.03. The summed E-state index contributed by atoms with van der Waals surface area (Å²) in [5, 5.41) is 5.01. The maximum Gasteiger partial charge on any atom is 0.205 e. The first-order valence-corrected chi connectivity index (χ1v) is 14.9. The van der Waals surface area contributed by atoms with Crippen molar-refractivity contribution < 1.29 is 0 Å². The highest BCUT2D eigenvalue weighted by atomic mass is 35.5. The topological polar surface area (TPSA) is 104 Å². The van der Waals surface area contributed by atoms with Gasteiger partial charge in [0.1, 0.15) is 17.8 Å². The summed E-state index contributed by atoms with van der Waals surface area (Å²) < 4.78 is 2.36. The van der Waals surface area contributed by atoms with E-state index in [1.807, 2.05) is 19.1 Å². The standard InChI is InChI=1S/C31H36ClN9/c1-19-15-21(32)16-26-28(19)38-31(37-26)36-22-5-3-20(4-6-22)25-17-41(30-27(25)29(33)34-18-35-30)24-9-7-23(8-10-24)40-13-11-39(2)12-14-40/h3-6,15-18,23-24H,7-14H2,1-2H3,(H2,33,34,35)(H2,36,37,38). The lowest BCUT2D eigenvalue weighted by Gasteiger charge is -2.41. The zero-order chi connectivity index (χ0) is 28.1. The molecule has 1 saturated carbocycles. The largest absolute Gasteiger partial charge is 0.383 e. The monoisotopic (exact) mass is 569 g/mol. The van der Waals surface area contributed by atoms with Gasteiger partial charge in [-0.1, -0.05) is 23.7 Å². The number of hydrogen-bond donors (Lipinski definition) is 3. The number of nitrogens with one attached hydrogen (secondary N) is 2. The van der Waals surface area contributed by atoms with Crippen molar-refractivity contribution in [1.29, 1.82) is 0 Å². The number of aryl methyl sites for hydroxylation is 1. The highest BCUT2D eigenvalue weighted by Crippen LogP contribution is 2.39. The van der Waals surface area contributed by atoms with E-state index in [4.69, 9.17) is 27.3 Å². The van der Waals surface area contributed by atoms with E-state index in [0.717, 1.165) is 57.3 Å². The van der Waals surface area contributed by atoms with Gasteiger partial charge in [0.25, 0.3) is 0 Å². The SMILES string of the molecule is Cc1cc(Cl)cc2[nH]c(Nc3ccc(-c4cn(C5CCC(N6CCN(C)CC6)CC5)c5ncnc(N)c45)cc3)nc12. The van der Waals surface area contributed by atoms with Crippen molar-refractivity contribution in [3.63, 3.8) is 0 Å². The van der Waals surface area contributed by atoms with Gasteiger partial charge in [-0.05, 0) is 75.0 Å². The number of likely N-dealkylation sites (N-methyl/N-ethyl adjacent to an activating group) is 1. The highest BCUT2D eigenvalue weighted by molar-refractivity contribution is 6.31. The predicted octanol–water partition coefficient (Wildman–Crippen LogP) is 5.99. The molecule has 0 radical (unpaired) electrons. The molecule has 212 valence electrons. The lowest BCUT2D eigenvalue weighted by Crippen LogP contribution is -2.49. The number of aromatic amines is 1. The Kier molecular flexibility index (Phi) is 6.81. The molecule has 2 aromatic carbocycles. The van der Waals surface area contributed by atoms with Gasteiger partial charge in [0.2, 0.25) is 5.95 Å². The highest BCUT2D eigenvalue weighted by Gasteiger charge is 2.30. The summed E-state index contributed by atoms with van der Waals surface area (Å²) in [6.07, 6.45) is 8.56. The molecular formula is C31H36ClN9. The van der Waals surface area contributed by atoms with Crippen LogP contribution in [0, 0.1) is 6.92 Å². The molecule has 1 aliphatic carbocycles. The van der Waals surface area contributed by atoms with Crippen molar-refractivity contribution in [3.8, 4) is 11.1 Å². The van der Waals surface area contributed by atoms with Crippen LogP contribution in [0.25, 0.3) is 33.2 Å². The van der Waals surface area contributed by atoms with Crippen LogP contribution in [-0.4, -0.2) is 73.6 Å². The number of fused-ring (bicyclic) bond motifs is 2. The number of anilines is 3. The average molecular weight is 570 g/mol. The third-order valence-corrected chi connectivity index (χ3v) is 9.17. The summed E-state index contributed by atoms with van der Waals surface area (Å²) in [7, 11) is 2.22. The number of imidazole rings is 1. The van der Waals surface area contributed by atoms with Gasteiger partial charge in [0, 0.05) is 60.7 Å². The summed E-state index contributed by atoms with van der Waals surface area (Å²) in [5.41, 5.74) is 13.3. The van der Waals surface area contributed by atoms with Gasteiger partial charge in [-0.3, -0.25) is 4.90 Å². The zero-order valence-corrected chi connectivity index (χ0v) is 24.3. The zero-order valence-electron chi connectivity index (χ0n) is 23.6. The number of nitrogens with zero attached hydrogens (tertiary/aromatic N) is 6. The Morgan fingerprint density at radius 2 is 1.71 bits per heavy atom. The van der Waals surface area contributed by atoms with Crippen LogP contribution in [0.2, 0.25) is 5.02 Å². The molecule has 0 bridgehead atoms. The number of nitrogen functional groups attached to an aromatic ring is 1. The quantitative estimate of drug-likeness (QED) is 0.239. The molecule has 2 fully saturated rings. The number of rotatable bonds is 5. The van der Waals surface area contributed by atoms with Crippen molar-refractivity contribution in [2.45, 2.75) is 44.7 Å². The van der Waals surface area contributed by atoms with Crippen LogP contribution in [0.4, 0.5) is 17.5 Å². The van der Waals surface area contributed by atoms with Gasteiger partial charge in [-0.25, -0.2) is 15.0 Å². The van der Waals surface area contributed by atoms with Crippen LogP contribution >= 0.6 is 11.6 Å². The molecule has 0 spiro atoms. The smallest absolute Gasteiger partial charge is 0.205 e. The molecule has 2 aliphatic rings. The minimum absolute atomic E-state index is 0.412. The summed E-state index contributed by atoms with van der Waals surface area (Å²) in [5.74, 6) is 1.20. The first-order chi connectivity index (χ1) is 19.9. The molecule has 0 unspecified atom stereocenters. The van der Waals surface area contributed by atoms with Crippen LogP contribution in [-0.2, 0) is 0 Å². The number of halogens is 1. The van der Waals surface area contributed by atoms with E-state index in [1.165, 1.54) is 39.0 Å². The van der Waals surface area contributed by atoms with Gasteiger partial charge in [-0.2, -0.15) is 0 Å². The third-order valence-electron chi connectivity index (χ3n) is 8.95. The summed E-state index contributed by atoms with van der Waals surface area (Å²) in [6.45, 7) is 6.72. The van der Waals surface area contributed by atoms with Crippen LogP contribution in [0.15, 0.2) is 48.9 Å². The second kappa shape index (κ2) is 10.6. The number of aromatic nitrogens is 5. The number of piperazine rings is 1. The van der Waals surface area contributed by atoms with Crippen molar-refractivity contribution in [1.82, 2.24) is 34.3 Å². The lowest BCUT2D eigenvalue weighted by molar-refractivity contribution is 0.0828. The lowest BCUT2D eigenvalue weighted by atomic mass is 9.89. The Balaban J connectivity index is 1.12. The second-order valence-electron chi connectivity index (χ2n) is 11.6. The van der Waals surface area contributed by atoms with Crippen LogP contribution < -0.4 is 11.1 Å². The molecule has 41 heavy (non-hydrogen) atoms. The molecule has 4 N–H and O–H groups in total. The van der Waals surface area contributed by atoms with Gasteiger partial charge in [0.05, 0.1) is 16.4 Å². The van der Waals surface area contributed by atoms with E-state index < -0.39 is 0 Å². The Morgan fingerprint density at radius 3 is 2.46 bits per heavy atom. The molecule has 5 aromatic rings. The molecule has 1 aliphatic heterocycles. The number of nitrogens with two attached hydrogens (primary N) is 1. The van der Waals surface area contributed by atoms with Crippen molar-refractivity contribution >= 4 is 51.1 Å². The van der Waals surface area contributed by atoms with E-state index >= 15 is 0 Å². The van der Waals surface area contributed by atoms with Gasteiger partial charge < -0.3 is 25.5 Å². The number of hydrogen-bond acceptors (Lipinski definition) is 7. The fourth-order valence-electron chi connectivity index (χ4n) is 6.67. The fourth-order valence-corrected chi connectivity index (χ4v) is 6.94. The molecular weight excluding hydrogens is 534 g/mol. The first-order valence-electron chi connectivity index (χ1n) is 14.5. The van der Waals surface area contributed by atoms with E-state index in [-0.39, 0.29) is 0 Å². The summed E-state index contributed by atoms with van der Waals surface area (Å²) in [4.78, 5) is 22.2. The number of H-pyrrole nitrogens is 1. The minimum atomic E-state index is 0.412. The Labute approximate surface area is 244 Å². The van der Waals surface area contributed by atoms with E-state index in [1.54, 1.807) is 6.33 Å². The maximum absolute atomic E-state index is 6.45. The molecule has 0 amide bonds. The fraction of sp³-hybridized carbons (Fsp3) is 0.387. The first kappa shape index (κ1) is 26.3. The van der Waals surface area contributed by atoms with Crippen LogP contribution in [0.1, 0.15) is 37.3 Å². The van der Waals surface area contributed by atoms with Gasteiger partial charge in [-0.15, -0.1) is 0 Å². The van der Waals surface area contributed by atoms with Crippen molar-refractivity contribution in [2.75, 3.05) is 44.3 Å². The van der Waals surface area contributed by atoms with E-state index in [9.17, 15) is 0 Å². The summed E-state index contributed by atoms with van der Waals surface area (Å²) >= 11 is 6.22. The van der Waals surface area contributed by atoms with E-state index in [0.29, 0.717) is 28.9 Å². The normalized spacial score (nSPS) is 20.7. The molecule has 4 heterocycles. The van der Waals surface area contributed by atoms with Crippen molar-refractivity contribution in [2.24, 2.45) is 0 Å². The Bertz CT molecular complexity index is 1690. The number of benzene rings is 2. The van der Waals surface area contributed by atoms with Crippen molar-refractivity contribution in [3.05, 3.63) is 59.5 Å². The van der Waals surface area contributed by atoms with Gasteiger partial charge in [0.15, 0.2) is 0 Å². The molecule has 10 heteroatoms. The predicted molar refractivity (Wildman–Crippen MR) is 167 cm³/mol. The van der Waals surface area contributed by atoms with Gasteiger partial charge >= 0.3 is 0 Å². The Morgan fingerprint density at radius 1 is 0.976 bits per heavy atom. The van der Waals surface area contributed by atoms with E-state index in [2.05, 4.69) is 67.2 Å². The second-order valence-corrected chi connectivity index (χ2v) is 12.1. The molecule has 7 rings (SSSR count). The molecule has 1 saturated heterocycles. The molecule has 9 nitrogen and oxygen atoms in total. The van der Waals surface area contributed by atoms with Crippen LogP contribution in [0.3, 0.4) is 0 Å². The Hall–Kier alpha value is -3.66. The molecule has 0 atom stereocenters. The average Bonchev–Trinajstić information content (AvgIpc) is 3.56. The van der Waals surface area contributed by atoms with Crippen LogP contribution in [0.5, 0.6) is 0 Å². The summed E-state index contributed by atoms with van der Waals surface area (Å²) in [6, 6.07) is 13.3. The minimum Gasteiger partial charge on any atom is -0.383 e.